The molecular weight excluding hydrogens is 518 g/mol. The van der Waals surface area contributed by atoms with Crippen LogP contribution in [0.15, 0.2) is 65.5 Å². The molecule has 4 aromatic rings. The smallest absolute Gasteiger partial charge is 0.321 e. The fourth-order valence-corrected chi connectivity index (χ4v) is 4.67. The Balaban J connectivity index is 1.29. The van der Waals surface area contributed by atoms with Crippen LogP contribution in [0.3, 0.4) is 0 Å². The van der Waals surface area contributed by atoms with E-state index >= 15 is 0 Å². The average Bonchev–Trinajstić information content (AvgIpc) is 3.24. The first kappa shape index (κ1) is 22.6. The van der Waals surface area contributed by atoms with E-state index in [0.717, 1.165) is 40.0 Å². The number of carbonyl (C=O) groups excluding carboxylic acids is 1. The number of piperidine rings is 1. The maximum atomic E-state index is 12.7. The average molecular weight is 541 g/mol. The number of carbonyl (C=O) groups is 1. The maximum Gasteiger partial charge on any atom is 0.321 e. The van der Waals surface area contributed by atoms with Crippen molar-refractivity contribution in [2.45, 2.75) is 25.3 Å². The Morgan fingerprint density at radius 1 is 1.15 bits per heavy atom. The number of pyridine rings is 1. The number of benzene rings is 1. The molecule has 0 aliphatic carbocycles. The number of fused-ring (bicyclic) bond motifs is 1. The quantitative estimate of drug-likeness (QED) is 0.346. The monoisotopic (exact) mass is 539 g/mol. The van der Waals surface area contributed by atoms with E-state index in [2.05, 4.69) is 42.7 Å². The van der Waals surface area contributed by atoms with Crippen LogP contribution in [0.4, 0.5) is 16.3 Å². The molecule has 5 rings (SSSR count). The standard InChI is InChI=1S/C24H23BrClN7O/c25-20-15-29-33-22(28-14-16-3-2-8-27-13-16)12-21(31-23(20)33)17-6-9-32(10-7-17)24(34)30-19-5-1-4-18(26)11-19/h1-5,8,11-13,15,17,28H,6-7,9-10,14H2,(H,30,34). The Kier molecular flexibility index (Phi) is 6.64. The van der Waals surface area contributed by atoms with Gasteiger partial charge in [0.25, 0.3) is 0 Å². The number of likely N-dealkylation sites (tertiary alicyclic amines) is 1. The SMILES string of the molecule is O=C(Nc1cccc(Cl)c1)N1CCC(c2cc(NCc3cccnc3)n3ncc(Br)c3n2)CC1. The van der Waals surface area contributed by atoms with Gasteiger partial charge in [0.15, 0.2) is 5.65 Å². The van der Waals surface area contributed by atoms with Crippen LogP contribution in [-0.2, 0) is 6.54 Å². The third kappa shape index (κ3) is 5.00. The normalized spacial score (nSPS) is 14.4. The highest BCUT2D eigenvalue weighted by Crippen LogP contribution is 2.31. The molecule has 0 unspecified atom stereocenters. The number of urea groups is 1. The maximum absolute atomic E-state index is 12.7. The molecule has 10 heteroatoms. The summed E-state index contributed by atoms with van der Waals surface area (Å²) in [5, 5.41) is 11.5. The van der Waals surface area contributed by atoms with Crippen molar-refractivity contribution in [3.63, 3.8) is 0 Å². The third-order valence-electron chi connectivity index (χ3n) is 5.92. The van der Waals surface area contributed by atoms with Crippen molar-refractivity contribution < 1.29 is 4.79 Å². The molecule has 1 saturated heterocycles. The second kappa shape index (κ2) is 9.99. The van der Waals surface area contributed by atoms with Crippen LogP contribution in [0.2, 0.25) is 5.02 Å². The molecule has 4 heterocycles. The van der Waals surface area contributed by atoms with Gasteiger partial charge in [0.1, 0.15) is 5.82 Å². The van der Waals surface area contributed by atoms with Crippen LogP contribution in [0, 0.1) is 0 Å². The van der Waals surface area contributed by atoms with Gasteiger partial charge in [0, 0.05) is 60.4 Å². The van der Waals surface area contributed by atoms with Crippen molar-refractivity contribution in [1.29, 1.82) is 0 Å². The van der Waals surface area contributed by atoms with Crippen LogP contribution in [-0.4, -0.2) is 43.6 Å². The lowest BCUT2D eigenvalue weighted by Gasteiger charge is -2.32. The van der Waals surface area contributed by atoms with Crippen LogP contribution < -0.4 is 10.6 Å². The number of anilines is 2. The second-order valence-electron chi connectivity index (χ2n) is 8.21. The first-order valence-electron chi connectivity index (χ1n) is 11.1. The van der Waals surface area contributed by atoms with Gasteiger partial charge in [-0.2, -0.15) is 9.61 Å². The van der Waals surface area contributed by atoms with Crippen molar-refractivity contribution >= 4 is 50.7 Å². The Labute approximate surface area is 210 Å². The lowest BCUT2D eigenvalue weighted by Crippen LogP contribution is -2.40. The molecule has 3 aromatic heterocycles. The number of nitrogens with zero attached hydrogens (tertiary/aromatic N) is 5. The van der Waals surface area contributed by atoms with E-state index < -0.39 is 0 Å². The minimum atomic E-state index is -0.110. The van der Waals surface area contributed by atoms with E-state index in [1.54, 1.807) is 29.0 Å². The Morgan fingerprint density at radius 3 is 2.76 bits per heavy atom. The minimum absolute atomic E-state index is 0.110. The van der Waals surface area contributed by atoms with Gasteiger partial charge < -0.3 is 15.5 Å². The first-order chi connectivity index (χ1) is 16.6. The third-order valence-corrected chi connectivity index (χ3v) is 6.72. The van der Waals surface area contributed by atoms with Crippen molar-refractivity contribution in [2.24, 2.45) is 0 Å². The second-order valence-corrected chi connectivity index (χ2v) is 9.50. The van der Waals surface area contributed by atoms with Gasteiger partial charge in [-0.25, -0.2) is 9.78 Å². The molecule has 2 amide bonds. The van der Waals surface area contributed by atoms with Crippen molar-refractivity contribution in [3.05, 3.63) is 81.8 Å². The molecule has 1 aliphatic heterocycles. The molecule has 1 aromatic carbocycles. The van der Waals surface area contributed by atoms with Crippen LogP contribution in [0.5, 0.6) is 0 Å². The molecule has 34 heavy (non-hydrogen) atoms. The summed E-state index contributed by atoms with van der Waals surface area (Å²) in [6.07, 6.45) is 7.03. The lowest BCUT2D eigenvalue weighted by molar-refractivity contribution is 0.194. The zero-order chi connectivity index (χ0) is 23.5. The molecule has 2 N–H and O–H groups in total. The van der Waals surface area contributed by atoms with Crippen molar-refractivity contribution in [3.8, 4) is 0 Å². The van der Waals surface area contributed by atoms with Crippen LogP contribution in [0.25, 0.3) is 5.65 Å². The fraction of sp³-hybridized carbons (Fsp3) is 0.250. The molecule has 0 saturated carbocycles. The van der Waals surface area contributed by atoms with Gasteiger partial charge in [0.2, 0.25) is 0 Å². The Morgan fingerprint density at radius 2 is 2.00 bits per heavy atom. The molecule has 1 aliphatic rings. The van der Waals surface area contributed by atoms with E-state index in [0.29, 0.717) is 30.3 Å². The van der Waals surface area contributed by atoms with Gasteiger partial charge in [-0.1, -0.05) is 23.7 Å². The lowest BCUT2D eigenvalue weighted by atomic mass is 9.93. The highest BCUT2D eigenvalue weighted by molar-refractivity contribution is 9.10. The van der Waals surface area contributed by atoms with E-state index in [1.165, 1.54) is 0 Å². The highest BCUT2D eigenvalue weighted by Gasteiger charge is 2.26. The topological polar surface area (TPSA) is 87.5 Å². The molecule has 0 spiro atoms. The molecule has 8 nitrogen and oxygen atoms in total. The Bertz CT molecular complexity index is 1310. The summed E-state index contributed by atoms with van der Waals surface area (Å²) in [5.41, 5.74) is 3.55. The van der Waals surface area contributed by atoms with Gasteiger partial charge in [-0.05, 0) is 58.6 Å². The summed E-state index contributed by atoms with van der Waals surface area (Å²) in [4.78, 5) is 23.6. The van der Waals surface area contributed by atoms with E-state index in [4.69, 9.17) is 16.6 Å². The summed E-state index contributed by atoms with van der Waals surface area (Å²) in [6.45, 7) is 1.94. The zero-order valence-corrected chi connectivity index (χ0v) is 20.6. The van der Waals surface area contributed by atoms with Crippen molar-refractivity contribution in [2.75, 3.05) is 23.7 Å². The Hall–Kier alpha value is -3.17. The molecular formula is C24H23BrClN7O. The number of hydrogen-bond acceptors (Lipinski definition) is 5. The zero-order valence-electron chi connectivity index (χ0n) is 18.3. The first-order valence-corrected chi connectivity index (χ1v) is 12.2. The largest absolute Gasteiger partial charge is 0.366 e. The molecule has 174 valence electrons. The molecule has 0 atom stereocenters. The van der Waals surface area contributed by atoms with Gasteiger partial charge in [-0.3, -0.25) is 4.98 Å². The van der Waals surface area contributed by atoms with Gasteiger partial charge in [0.05, 0.1) is 10.7 Å². The van der Waals surface area contributed by atoms with E-state index in [1.807, 2.05) is 35.4 Å². The van der Waals surface area contributed by atoms with E-state index in [9.17, 15) is 4.79 Å². The number of halogens is 2. The number of rotatable bonds is 5. The van der Waals surface area contributed by atoms with Gasteiger partial charge >= 0.3 is 6.03 Å². The van der Waals surface area contributed by atoms with Crippen LogP contribution >= 0.6 is 27.5 Å². The van der Waals surface area contributed by atoms with Crippen LogP contribution in [0.1, 0.15) is 30.0 Å². The number of hydrogen-bond donors (Lipinski definition) is 2. The number of amides is 2. The van der Waals surface area contributed by atoms with Gasteiger partial charge in [-0.15, -0.1) is 0 Å². The summed E-state index contributed by atoms with van der Waals surface area (Å²) < 4.78 is 2.65. The van der Waals surface area contributed by atoms with Crippen molar-refractivity contribution in [1.82, 2.24) is 24.5 Å². The number of aromatic nitrogens is 4. The number of nitrogens with one attached hydrogen (secondary N) is 2. The summed E-state index contributed by atoms with van der Waals surface area (Å²) >= 11 is 9.59. The predicted molar refractivity (Wildman–Crippen MR) is 136 cm³/mol. The molecule has 1 fully saturated rings. The minimum Gasteiger partial charge on any atom is -0.366 e. The predicted octanol–water partition coefficient (Wildman–Crippen LogP) is 5.56. The molecule has 0 radical (unpaired) electrons. The molecule has 0 bridgehead atoms. The summed E-state index contributed by atoms with van der Waals surface area (Å²) in [5.74, 6) is 1.12. The fourth-order valence-electron chi connectivity index (χ4n) is 4.13. The highest BCUT2D eigenvalue weighted by atomic mass is 79.9. The summed E-state index contributed by atoms with van der Waals surface area (Å²) in [6, 6.07) is 13.1. The van der Waals surface area contributed by atoms with E-state index in [-0.39, 0.29) is 11.9 Å². The summed E-state index contributed by atoms with van der Waals surface area (Å²) in [7, 11) is 0.